The van der Waals surface area contributed by atoms with Crippen LogP contribution in [0.5, 0.6) is 5.75 Å². The molecule has 0 aliphatic carbocycles. The fourth-order valence-electron chi connectivity index (χ4n) is 3.21. The Bertz CT molecular complexity index is 1250. The zero-order chi connectivity index (χ0) is 21.1. The first-order valence-corrected chi connectivity index (χ1v) is 10.5. The first-order chi connectivity index (χ1) is 14.6. The molecule has 152 valence electrons. The van der Waals surface area contributed by atoms with Gasteiger partial charge in [0.15, 0.2) is 5.11 Å². The summed E-state index contributed by atoms with van der Waals surface area (Å²) < 4.78 is 6.49. The van der Waals surface area contributed by atoms with Gasteiger partial charge in [-0.2, -0.15) is 0 Å². The number of methoxy groups -OCH3 is 1. The number of aryl methyl sites for hydroxylation is 1. The molecule has 0 amide bonds. The highest BCUT2D eigenvalue weighted by molar-refractivity contribution is 7.80. The summed E-state index contributed by atoms with van der Waals surface area (Å²) >= 11 is 6.88. The minimum atomic E-state index is -0.184. The van der Waals surface area contributed by atoms with Gasteiger partial charge >= 0.3 is 0 Å². The van der Waals surface area contributed by atoms with Gasteiger partial charge in [-0.3, -0.25) is 10.2 Å². The van der Waals surface area contributed by atoms with Crippen molar-refractivity contribution >= 4 is 38.9 Å². The Morgan fingerprint density at radius 1 is 1.17 bits per heavy atom. The number of benzene rings is 2. The summed E-state index contributed by atoms with van der Waals surface area (Å²) in [6.45, 7) is 2.53. The van der Waals surface area contributed by atoms with Crippen molar-refractivity contribution in [2.75, 3.05) is 12.5 Å². The number of aromatic nitrogens is 2. The fraction of sp³-hybridized carbons (Fsp3) is 0.136. The molecule has 4 aromatic rings. The Labute approximate surface area is 183 Å². The summed E-state index contributed by atoms with van der Waals surface area (Å²) in [5.41, 5.74) is 5.70. The Hall–Kier alpha value is -3.23. The Morgan fingerprint density at radius 2 is 1.90 bits per heavy atom. The molecule has 2 aromatic heterocycles. The number of nitrogens with one attached hydrogen (secondary N) is 2. The van der Waals surface area contributed by atoms with Crippen molar-refractivity contribution in [3.8, 4) is 16.9 Å². The number of hydrogen-bond donors (Lipinski definition) is 2. The summed E-state index contributed by atoms with van der Waals surface area (Å²) in [4.78, 5) is 19.4. The van der Waals surface area contributed by atoms with Crippen molar-refractivity contribution in [3.05, 3.63) is 81.7 Å². The molecule has 0 aliphatic rings. The third-order valence-electron chi connectivity index (χ3n) is 4.69. The molecule has 8 heteroatoms. The van der Waals surface area contributed by atoms with E-state index in [0.29, 0.717) is 21.9 Å². The number of thiophene rings is 1. The third-order valence-corrected chi connectivity index (χ3v) is 5.93. The Balaban J connectivity index is 1.56. The van der Waals surface area contributed by atoms with E-state index in [9.17, 15) is 4.79 Å². The molecule has 4 rings (SSSR count). The van der Waals surface area contributed by atoms with Crippen LogP contribution in [0.4, 0.5) is 0 Å². The van der Waals surface area contributed by atoms with Crippen LogP contribution < -0.4 is 21.0 Å². The van der Waals surface area contributed by atoms with Gasteiger partial charge in [-0.15, -0.1) is 11.3 Å². The predicted molar refractivity (Wildman–Crippen MR) is 126 cm³/mol. The van der Waals surface area contributed by atoms with E-state index in [1.54, 1.807) is 7.11 Å². The molecular weight excluding hydrogens is 416 g/mol. The maximum absolute atomic E-state index is 13.2. The number of nitrogens with zero attached hydrogens (tertiary/aromatic N) is 2. The number of fused-ring (bicyclic) bond motifs is 1. The van der Waals surface area contributed by atoms with Crippen molar-refractivity contribution in [1.82, 2.24) is 15.0 Å². The van der Waals surface area contributed by atoms with E-state index in [0.717, 1.165) is 27.3 Å². The van der Waals surface area contributed by atoms with Crippen LogP contribution in [0.15, 0.2) is 65.7 Å². The van der Waals surface area contributed by atoms with Crippen molar-refractivity contribution in [2.45, 2.75) is 13.5 Å². The number of rotatable bonds is 5. The Kier molecular flexibility index (Phi) is 5.78. The number of hydrogen-bond acceptors (Lipinski definition) is 5. The highest BCUT2D eigenvalue weighted by Gasteiger charge is 2.17. The molecule has 0 spiro atoms. The van der Waals surface area contributed by atoms with Gasteiger partial charge in [0.05, 0.1) is 12.5 Å². The average molecular weight is 437 g/mol. The lowest BCUT2D eigenvalue weighted by atomic mass is 10.0. The van der Waals surface area contributed by atoms with E-state index in [-0.39, 0.29) is 5.56 Å². The molecule has 0 bridgehead atoms. The number of ether oxygens (including phenoxy) is 1. The molecule has 30 heavy (non-hydrogen) atoms. The zero-order valence-corrected chi connectivity index (χ0v) is 18.1. The number of thiocarbonyl (C=S) groups is 1. The van der Waals surface area contributed by atoms with Gasteiger partial charge < -0.3 is 10.1 Å². The van der Waals surface area contributed by atoms with Crippen molar-refractivity contribution in [3.63, 3.8) is 0 Å². The van der Waals surface area contributed by atoms with E-state index in [1.807, 2.05) is 61.5 Å². The molecule has 0 unspecified atom stereocenters. The van der Waals surface area contributed by atoms with Crippen LogP contribution >= 0.6 is 23.6 Å². The van der Waals surface area contributed by atoms with Gasteiger partial charge in [0.1, 0.15) is 16.9 Å². The minimum absolute atomic E-state index is 0.184. The normalized spacial score (nSPS) is 10.7. The minimum Gasteiger partial charge on any atom is -0.497 e. The van der Waals surface area contributed by atoms with Crippen LogP contribution in [0, 0.1) is 6.92 Å². The van der Waals surface area contributed by atoms with Gasteiger partial charge in [-0.05, 0) is 42.4 Å². The van der Waals surface area contributed by atoms with E-state index in [4.69, 9.17) is 17.0 Å². The molecule has 0 fully saturated rings. The molecule has 0 aliphatic heterocycles. The van der Waals surface area contributed by atoms with Crippen LogP contribution in [-0.2, 0) is 6.54 Å². The van der Waals surface area contributed by atoms with Crippen LogP contribution in [0.3, 0.4) is 0 Å². The first-order valence-electron chi connectivity index (χ1n) is 9.31. The molecule has 0 saturated carbocycles. The first kappa shape index (κ1) is 20.1. The highest BCUT2D eigenvalue weighted by Crippen LogP contribution is 2.35. The van der Waals surface area contributed by atoms with Crippen molar-refractivity contribution < 1.29 is 4.74 Å². The van der Waals surface area contributed by atoms with E-state index in [2.05, 4.69) is 15.7 Å². The van der Waals surface area contributed by atoms with Gasteiger partial charge in [0, 0.05) is 17.0 Å². The van der Waals surface area contributed by atoms with Crippen molar-refractivity contribution in [1.29, 1.82) is 0 Å². The van der Waals surface area contributed by atoms with Crippen LogP contribution in [-0.4, -0.2) is 21.9 Å². The van der Waals surface area contributed by atoms with Gasteiger partial charge in [-0.25, -0.2) is 9.66 Å². The zero-order valence-electron chi connectivity index (χ0n) is 16.5. The summed E-state index contributed by atoms with van der Waals surface area (Å²) in [5, 5.41) is 4.04. The van der Waals surface area contributed by atoms with E-state index < -0.39 is 0 Å². The SMILES string of the molecule is COc1ccc(CNC(=S)Nn2cnc3sc(C)c(-c4ccccc4)c3c2=O)cc1. The standard InChI is InChI=1S/C22H20N4O2S2/c1-14-18(16-6-4-3-5-7-16)19-20(30-14)24-13-26(21(19)27)25-22(29)23-12-15-8-10-17(28-2)11-9-15/h3-11,13H,12H2,1-2H3,(H2,23,25,29). The molecule has 6 nitrogen and oxygen atoms in total. The smallest absolute Gasteiger partial charge is 0.281 e. The second-order valence-electron chi connectivity index (χ2n) is 6.64. The maximum Gasteiger partial charge on any atom is 0.281 e. The summed E-state index contributed by atoms with van der Waals surface area (Å²) in [5.74, 6) is 0.797. The van der Waals surface area contributed by atoms with Gasteiger partial charge in [-0.1, -0.05) is 42.5 Å². The second-order valence-corrected chi connectivity index (χ2v) is 8.25. The lowest BCUT2D eigenvalue weighted by molar-refractivity contribution is 0.414. The second kappa shape index (κ2) is 8.64. The molecule has 2 heterocycles. The van der Waals surface area contributed by atoms with Crippen LogP contribution in [0.1, 0.15) is 10.4 Å². The molecule has 0 atom stereocenters. The topological polar surface area (TPSA) is 68.2 Å². The summed E-state index contributed by atoms with van der Waals surface area (Å²) in [6, 6.07) is 17.6. The van der Waals surface area contributed by atoms with Crippen molar-refractivity contribution in [2.24, 2.45) is 0 Å². The fourth-order valence-corrected chi connectivity index (χ4v) is 4.38. The Morgan fingerprint density at radius 3 is 2.60 bits per heavy atom. The molecule has 2 N–H and O–H groups in total. The van der Waals surface area contributed by atoms with E-state index in [1.165, 1.54) is 22.3 Å². The largest absolute Gasteiger partial charge is 0.497 e. The molecule has 0 radical (unpaired) electrons. The van der Waals surface area contributed by atoms with Gasteiger partial charge in [0.2, 0.25) is 0 Å². The maximum atomic E-state index is 13.2. The molecule has 0 saturated heterocycles. The quantitative estimate of drug-likeness (QED) is 0.460. The summed E-state index contributed by atoms with van der Waals surface area (Å²) in [6.07, 6.45) is 1.47. The van der Waals surface area contributed by atoms with E-state index >= 15 is 0 Å². The lowest BCUT2D eigenvalue weighted by Crippen LogP contribution is -2.39. The van der Waals surface area contributed by atoms with Gasteiger partial charge in [0.25, 0.3) is 5.56 Å². The average Bonchev–Trinajstić information content (AvgIpc) is 3.12. The van der Waals surface area contributed by atoms with Crippen LogP contribution in [0.25, 0.3) is 21.3 Å². The molecule has 2 aromatic carbocycles. The molecular formula is C22H20N4O2S2. The summed E-state index contributed by atoms with van der Waals surface area (Å²) in [7, 11) is 1.63. The lowest BCUT2D eigenvalue weighted by Gasteiger charge is -2.12. The van der Waals surface area contributed by atoms with Crippen LogP contribution in [0.2, 0.25) is 0 Å². The third kappa shape index (κ3) is 4.05. The predicted octanol–water partition coefficient (Wildman–Crippen LogP) is 4.06. The monoisotopic (exact) mass is 436 g/mol. The highest BCUT2D eigenvalue weighted by atomic mass is 32.1.